The van der Waals surface area contributed by atoms with Crippen LogP contribution in [0.25, 0.3) is 16.7 Å². The van der Waals surface area contributed by atoms with Gasteiger partial charge in [-0.2, -0.15) is 5.10 Å². The molecule has 1 N–H and O–H groups in total. The highest BCUT2D eigenvalue weighted by Crippen LogP contribution is 2.25. The molecule has 8 heteroatoms. The Kier molecular flexibility index (Phi) is 6.01. The summed E-state index contributed by atoms with van der Waals surface area (Å²) >= 11 is 6.09. The number of rotatable bonds is 6. The number of fused-ring (bicyclic) bond motifs is 1. The number of hydrogen-bond donors (Lipinski definition) is 1. The first-order chi connectivity index (χ1) is 15.4. The number of carbonyl (C=O) groups excluding carboxylic acids is 1. The van der Waals surface area contributed by atoms with Gasteiger partial charge in [0.15, 0.2) is 0 Å². The lowest BCUT2D eigenvalue weighted by Gasteiger charge is -2.10. The number of carbonyl (C=O) groups is 1. The summed E-state index contributed by atoms with van der Waals surface area (Å²) in [5.41, 5.74) is 2.78. The van der Waals surface area contributed by atoms with Crippen LogP contribution in [0.5, 0.6) is 5.75 Å². The second-order valence-corrected chi connectivity index (χ2v) is 7.90. The fraction of sp³-hybridized carbons (Fsp3) is 0.208. The van der Waals surface area contributed by atoms with Crippen molar-refractivity contribution in [2.24, 2.45) is 0 Å². The molecule has 2 aromatic carbocycles. The van der Waals surface area contributed by atoms with Gasteiger partial charge in [-0.05, 0) is 56.2 Å². The number of nitrogens with one attached hydrogen (secondary N) is 1. The molecule has 1 amide bonds. The standard InChI is InChI=1S/C24H22ClN3O4/c1-14-11-22(28(27-14)17-6-4-5-16(25)12-17)26-23(29)10-9-20-15(2)19-8-7-18(31-3)13-21(19)32-24(20)30/h4-8,11-13H,9-10H2,1-3H3,(H,26,29). The van der Waals surface area contributed by atoms with Gasteiger partial charge in [0, 0.05) is 34.5 Å². The summed E-state index contributed by atoms with van der Waals surface area (Å²) < 4.78 is 12.3. The topological polar surface area (TPSA) is 86.4 Å². The molecule has 0 unspecified atom stereocenters. The number of methoxy groups -OCH3 is 1. The minimum atomic E-state index is -0.448. The zero-order valence-electron chi connectivity index (χ0n) is 17.9. The van der Waals surface area contributed by atoms with Gasteiger partial charge in [0.25, 0.3) is 0 Å². The van der Waals surface area contributed by atoms with E-state index in [0.29, 0.717) is 27.7 Å². The second kappa shape index (κ2) is 8.88. The lowest BCUT2D eigenvalue weighted by molar-refractivity contribution is -0.116. The summed E-state index contributed by atoms with van der Waals surface area (Å²) in [5.74, 6) is 0.907. The lowest BCUT2D eigenvalue weighted by Crippen LogP contribution is -2.18. The molecule has 0 bridgehead atoms. The first kappa shape index (κ1) is 21.6. The smallest absolute Gasteiger partial charge is 0.339 e. The van der Waals surface area contributed by atoms with Crippen LogP contribution in [0, 0.1) is 13.8 Å². The molecule has 7 nitrogen and oxygen atoms in total. The van der Waals surface area contributed by atoms with Crippen molar-refractivity contribution in [2.75, 3.05) is 12.4 Å². The minimum Gasteiger partial charge on any atom is -0.497 e. The van der Waals surface area contributed by atoms with Crippen LogP contribution < -0.4 is 15.7 Å². The van der Waals surface area contributed by atoms with Gasteiger partial charge in [-0.3, -0.25) is 4.79 Å². The van der Waals surface area contributed by atoms with Crippen LogP contribution in [0.4, 0.5) is 5.82 Å². The third-order valence-corrected chi connectivity index (χ3v) is 5.48. The Balaban J connectivity index is 1.53. The van der Waals surface area contributed by atoms with Crippen molar-refractivity contribution in [3.63, 3.8) is 0 Å². The normalized spacial score (nSPS) is 11.0. The fourth-order valence-corrected chi connectivity index (χ4v) is 3.81. The Morgan fingerprint density at radius 2 is 2.00 bits per heavy atom. The van der Waals surface area contributed by atoms with Gasteiger partial charge in [0.1, 0.15) is 17.2 Å². The number of aryl methyl sites for hydroxylation is 2. The van der Waals surface area contributed by atoms with Gasteiger partial charge >= 0.3 is 5.63 Å². The van der Waals surface area contributed by atoms with Crippen LogP contribution in [0.3, 0.4) is 0 Å². The van der Waals surface area contributed by atoms with E-state index in [2.05, 4.69) is 10.4 Å². The van der Waals surface area contributed by atoms with Crippen molar-refractivity contribution < 1.29 is 13.9 Å². The molecule has 4 aromatic rings. The molecule has 0 aliphatic carbocycles. The van der Waals surface area contributed by atoms with E-state index < -0.39 is 5.63 Å². The van der Waals surface area contributed by atoms with Crippen molar-refractivity contribution in [1.82, 2.24) is 9.78 Å². The molecule has 0 aliphatic heterocycles. The van der Waals surface area contributed by atoms with E-state index >= 15 is 0 Å². The summed E-state index contributed by atoms with van der Waals surface area (Å²) in [6.07, 6.45) is 0.374. The lowest BCUT2D eigenvalue weighted by atomic mass is 10.0. The van der Waals surface area contributed by atoms with Crippen LogP contribution >= 0.6 is 11.6 Å². The van der Waals surface area contributed by atoms with Crippen molar-refractivity contribution >= 4 is 34.3 Å². The Hall–Kier alpha value is -3.58. The van der Waals surface area contributed by atoms with Gasteiger partial charge in [-0.1, -0.05) is 17.7 Å². The van der Waals surface area contributed by atoms with E-state index in [1.54, 1.807) is 36.1 Å². The molecule has 0 fully saturated rings. The fourth-order valence-electron chi connectivity index (χ4n) is 3.63. The molecule has 4 rings (SSSR count). The third-order valence-electron chi connectivity index (χ3n) is 5.25. The van der Waals surface area contributed by atoms with Crippen molar-refractivity contribution in [1.29, 1.82) is 0 Å². The molecule has 0 saturated heterocycles. The molecule has 0 saturated carbocycles. The van der Waals surface area contributed by atoms with E-state index in [1.165, 1.54) is 0 Å². The molecule has 0 atom stereocenters. The third kappa shape index (κ3) is 4.38. The Morgan fingerprint density at radius 3 is 2.75 bits per heavy atom. The summed E-state index contributed by atoms with van der Waals surface area (Å²) in [5, 5.41) is 8.71. The summed E-state index contributed by atoms with van der Waals surface area (Å²) in [6.45, 7) is 3.70. The highest BCUT2D eigenvalue weighted by molar-refractivity contribution is 6.30. The van der Waals surface area contributed by atoms with Crippen LogP contribution in [0.15, 0.2) is 57.7 Å². The summed E-state index contributed by atoms with van der Waals surface area (Å²) in [7, 11) is 1.55. The maximum absolute atomic E-state index is 12.7. The highest BCUT2D eigenvalue weighted by Gasteiger charge is 2.16. The van der Waals surface area contributed by atoms with Crippen molar-refractivity contribution in [2.45, 2.75) is 26.7 Å². The van der Waals surface area contributed by atoms with Gasteiger partial charge < -0.3 is 14.5 Å². The largest absolute Gasteiger partial charge is 0.497 e. The number of aromatic nitrogens is 2. The van der Waals surface area contributed by atoms with Gasteiger partial charge in [0.2, 0.25) is 5.91 Å². The quantitative estimate of drug-likeness (QED) is 0.424. The van der Waals surface area contributed by atoms with E-state index in [0.717, 1.165) is 22.3 Å². The predicted molar refractivity (Wildman–Crippen MR) is 124 cm³/mol. The van der Waals surface area contributed by atoms with Crippen LogP contribution in [-0.4, -0.2) is 22.8 Å². The second-order valence-electron chi connectivity index (χ2n) is 7.47. The zero-order valence-corrected chi connectivity index (χ0v) is 18.7. The number of benzene rings is 2. The Labute approximate surface area is 189 Å². The molecule has 164 valence electrons. The van der Waals surface area contributed by atoms with E-state index in [-0.39, 0.29) is 18.7 Å². The number of ether oxygens (including phenoxy) is 1. The van der Waals surface area contributed by atoms with Gasteiger partial charge in [-0.15, -0.1) is 0 Å². The van der Waals surface area contributed by atoms with Crippen molar-refractivity contribution in [3.8, 4) is 11.4 Å². The number of anilines is 1. The maximum Gasteiger partial charge on any atom is 0.339 e. The number of hydrogen-bond acceptors (Lipinski definition) is 5. The first-order valence-corrected chi connectivity index (χ1v) is 10.5. The SMILES string of the molecule is COc1ccc2c(C)c(CCC(=O)Nc3cc(C)nn3-c3cccc(Cl)c3)c(=O)oc2c1. The van der Waals surface area contributed by atoms with Crippen LogP contribution in [0.2, 0.25) is 5.02 Å². The molecule has 32 heavy (non-hydrogen) atoms. The molecular weight excluding hydrogens is 430 g/mol. The van der Waals surface area contributed by atoms with Gasteiger partial charge in [-0.25, -0.2) is 9.48 Å². The number of nitrogens with zero attached hydrogens (tertiary/aromatic N) is 2. The molecular formula is C24H22ClN3O4. The van der Waals surface area contributed by atoms with E-state index in [4.69, 9.17) is 20.8 Å². The summed E-state index contributed by atoms with van der Waals surface area (Å²) in [4.78, 5) is 25.2. The monoisotopic (exact) mass is 451 g/mol. The average Bonchev–Trinajstić information content (AvgIpc) is 3.13. The number of amides is 1. The van der Waals surface area contributed by atoms with Crippen LogP contribution in [-0.2, 0) is 11.2 Å². The Morgan fingerprint density at radius 1 is 1.19 bits per heavy atom. The average molecular weight is 452 g/mol. The zero-order chi connectivity index (χ0) is 22.8. The van der Waals surface area contributed by atoms with E-state index in [9.17, 15) is 9.59 Å². The highest BCUT2D eigenvalue weighted by atomic mass is 35.5. The first-order valence-electron chi connectivity index (χ1n) is 10.1. The maximum atomic E-state index is 12.7. The molecule has 0 spiro atoms. The van der Waals surface area contributed by atoms with Crippen LogP contribution in [0.1, 0.15) is 23.2 Å². The number of halogens is 1. The predicted octanol–water partition coefficient (Wildman–Crippen LogP) is 4.83. The minimum absolute atomic E-state index is 0.118. The van der Waals surface area contributed by atoms with E-state index in [1.807, 2.05) is 38.1 Å². The van der Waals surface area contributed by atoms with Crippen molar-refractivity contribution in [3.05, 3.63) is 80.8 Å². The molecule has 2 aromatic heterocycles. The summed E-state index contributed by atoms with van der Waals surface area (Å²) in [6, 6.07) is 14.3. The molecule has 2 heterocycles. The molecule has 0 aliphatic rings. The molecule has 0 radical (unpaired) electrons. The Bertz CT molecular complexity index is 1370. The van der Waals surface area contributed by atoms with Gasteiger partial charge in [0.05, 0.1) is 18.5 Å².